The number of methoxy groups -OCH3 is 2. The number of hydrogen-bond donors (Lipinski definition) is 1. The van der Waals surface area contributed by atoms with E-state index in [4.69, 9.17) is 14.2 Å². The predicted octanol–water partition coefficient (Wildman–Crippen LogP) is 5.68. The number of benzene rings is 3. The number of alkyl halides is 3. The van der Waals surface area contributed by atoms with Crippen LogP contribution in [0.25, 0.3) is 0 Å². The number of nitro groups is 1. The molecular weight excluding hydrogens is 445 g/mol. The number of rotatable bonds is 7. The van der Waals surface area contributed by atoms with Gasteiger partial charge in [0.2, 0.25) is 5.75 Å². The minimum Gasteiger partial charge on any atom is -0.497 e. The molecule has 0 aliphatic heterocycles. The van der Waals surface area contributed by atoms with Crippen LogP contribution >= 0.6 is 0 Å². The van der Waals surface area contributed by atoms with Crippen LogP contribution in [-0.2, 0) is 6.18 Å². The van der Waals surface area contributed by atoms with Crippen LogP contribution in [0.4, 0.5) is 24.5 Å². The van der Waals surface area contributed by atoms with Crippen LogP contribution in [-0.4, -0.2) is 25.1 Å². The summed E-state index contributed by atoms with van der Waals surface area (Å²) in [6, 6.07) is 12.6. The summed E-state index contributed by atoms with van der Waals surface area (Å²) in [5.41, 5.74) is -1.34. The van der Waals surface area contributed by atoms with Crippen LogP contribution in [0.2, 0.25) is 0 Å². The normalized spacial score (nSPS) is 10.9. The highest BCUT2D eigenvalue weighted by atomic mass is 19.4. The van der Waals surface area contributed by atoms with Crippen LogP contribution in [0.3, 0.4) is 0 Å². The summed E-state index contributed by atoms with van der Waals surface area (Å²) in [5.74, 6) is -0.242. The molecule has 172 valence electrons. The number of carbonyl (C=O) groups is 1. The van der Waals surface area contributed by atoms with Gasteiger partial charge in [0.15, 0.2) is 11.5 Å². The molecule has 0 radical (unpaired) electrons. The summed E-state index contributed by atoms with van der Waals surface area (Å²) >= 11 is 0. The molecule has 3 aromatic rings. The molecule has 1 N–H and O–H groups in total. The molecule has 0 bridgehead atoms. The van der Waals surface area contributed by atoms with E-state index < -0.39 is 34.0 Å². The van der Waals surface area contributed by atoms with Crippen molar-refractivity contribution in [3.63, 3.8) is 0 Å². The van der Waals surface area contributed by atoms with E-state index in [1.807, 2.05) is 0 Å². The second-order valence-corrected chi connectivity index (χ2v) is 6.59. The second kappa shape index (κ2) is 9.47. The molecule has 0 unspecified atom stereocenters. The van der Waals surface area contributed by atoms with Crippen molar-refractivity contribution >= 4 is 17.3 Å². The van der Waals surface area contributed by atoms with Crippen molar-refractivity contribution < 1.29 is 37.1 Å². The predicted molar refractivity (Wildman–Crippen MR) is 112 cm³/mol. The Morgan fingerprint density at radius 2 is 1.58 bits per heavy atom. The molecule has 0 saturated carbocycles. The topological polar surface area (TPSA) is 99.9 Å². The minimum absolute atomic E-state index is 0.0265. The maximum absolute atomic E-state index is 12.9. The van der Waals surface area contributed by atoms with Crippen LogP contribution in [0.5, 0.6) is 23.0 Å². The van der Waals surface area contributed by atoms with Crippen molar-refractivity contribution in [3.8, 4) is 23.0 Å². The first-order chi connectivity index (χ1) is 15.6. The molecular formula is C22H17F3N2O6. The van der Waals surface area contributed by atoms with Gasteiger partial charge >= 0.3 is 11.9 Å². The molecule has 11 heteroatoms. The minimum atomic E-state index is -4.75. The number of nitrogens with zero attached hydrogens (tertiary/aromatic N) is 1. The van der Waals surface area contributed by atoms with Crippen LogP contribution in [0, 0.1) is 10.1 Å². The van der Waals surface area contributed by atoms with E-state index in [9.17, 15) is 28.1 Å². The first-order valence-corrected chi connectivity index (χ1v) is 9.29. The monoisotopic (exact) mass is 462 g/mol. The van der Waals surface area contributed by atoms with Gasteiger partial charge in [-0.25, -0.2) is 0 Å². The highest BCUT2D eigenvalue weighted by Gasteiger charge is 2.33. The molecule has 1 amide bonds. The Morgan fingerprint density at radius 3 is 2.15 bits per heavy atom. The van der Waals surface area contributed by atoms with Crippen LogP contribution in [0.1, 0.15) is 15.9 Å². The van der Waals surface area contributed by atoms with Gasteiger partial charge in [0, 0.05) is 17.3 Å². The van der Waals surface area contributed by atoms with E-state index in [2.05, 4.69) is 5.32 Å². The van der Waals surface area contributed by atoms with Crippen LogP contribution < -0.4 is 19.5 Å². The lowest BCUT2D eigenvalue weighted by Crippen LogP contribution is -2.12. The first kappa shape index (κ1) is 23.4. The summed E-state index contributed by atoms with van der Waals surface area (Å²) in [4.78, 5) is 22.8. The molecule has 0 aliphatic rings. The fraction of sp³-hybridized carbons (Fsp3) is 0.136. The third-order valence-corrected chi connectivity index (χ3v) is 4.48. The molecule has 0 aliphatic carbocycles. The van der Waals surface area contributed by atoms with Crippen molar-refractivity contribution in [2.45, 2.75) is 6.18 Å². The maximum Gasteiger partial charge on any atom is 0.416 e. The molecule has 0 fully saturated rings. The van der Waals surface area contributed by atoms with E-state index in [0.717, 1.165) is 6.07 Å². The number of carbonyl (C=O) groups excluding carboxylic acids is 1. The van der Waals surface area contributed by atoms with Gasteiger partial charge in [-0.3, -0.25) is 14.9 Å². The Kier molecular flexibility index (Phi) is 6.71. The maximum atomic E-state index is 12.9. The van der Waals surface area contributed by atoms with Crippen molar-refractivity contribution in [1.29, 1.82) is 0 Å². The largest absolute Gasteiger partial charge is 0.497 e. The Morgan fingerprint density at radius 1 is 0.909 bits per heavy atom. The summed E-state index contributed by atoms with van der Waals surface area (Å²) in [5, 5.41) is 14.0. The number of hydrogen-bond acceptors (Lipinski definition) is 6. The number of amides is 1. The lowest BCUT2D eigenvalue weighted by atomic mass is 10.1. The van der Waals surface area contributed by atoms with Gasteiger partial charge in [-0.2, -0.15) is 13.2 Å². The number of anilines is 1. The van der Waals surface area contributed by atoms with E-state index in [1.165, 1.54) is 32.4 Å². The number of halogens is 3. The zero-order chi connectivity index (χ0) is 24.2. The van der Waals surface area contributed by atoms with Gasteiger partial charge in [0.05, 0.1) is 24.7 Å². The fourth-order valence-electron chi connectivity index (χ4n) is 2.81. The van der Waals surface area contributed by atoms with Crippen molar-refractivity contribution in [3.05, 3.63) is 81.9 Å². The molecule has 3 aromatic carbocycles. The third-order valence-electron chi connectivity index (χ3n) is 4.48. The van der Waals surface area contributed by atoms with Crippen molar-refractivity contribution in [2.75, 3.05) is 19.5 Å². The lowest BCUT2D eigenvalue weighted by Gasteiger charge is -2.13. The standard InChI is InChI=1S/C22H17F3N2O6/c1-31-16-7-5-15(6-8-16)26-21(28)13-3-9-19(20(11-13)32-2)33-18-10-4-14(22(23,24)25)12-17(18)27(29)30/h3-12H,1-2H3,(H,26,28). The molecule has 3 rings (SSSR count). The van der Waals surface area contributed by atoms with Gasteiger partial charge in [0.1, 0.15) is 5.75 Å². The molecule has 0 saturated heterocycles. The molecule has 0 heterocycles. The quantitative estimate of drug-likeness (QED) is 0.358. The summed E-state index contributed by atoms with van der Waals surface area (Å²) in [6.07, 6.45) is -4.75. The third kappa shape index (κ3) is 5.50. The summed E-state index contributed by atoms with van der Waals surface area (Å²) < 4.78 is 54.4. The molecule has 0 atom stereocenters. The highest BCUT2D eigenvalue weighted by Crippen LogP contribution is 2.40. The highest BCUT2D eigenvalue weighted by molar-refractivity contribution is 6.04. The van der Waals surface area contributed by atoms with Crippen molar-refractivity contribution in [1.82, 2.24) is 0 Å². The lowest BCUT2D eigenvalue weighted by molar-refractivity contribution is -0.385. The Bertz CT molecular complexity index is 1180. The van der Waals surface area contributed by atoms with Gasteiger partial charge in [-0.15, -0.1) is 0 Å². The summed E-state index contributed by atoms with van der Waals surface area (Å²) in [6.45, 7) is 0. The Labute approximate surface area is 185 Å². The van der Waals surface area contributed by atoms with Gasteiger partial charge in [0.25, 0.3) is 5.91 Å². The molecule has 33 heavy (non-hydrogen) atoms. The van der Waals surface area contributed by atoms with Gasteiger partial charge < -0.3 is 19.5 Å². The fourth-order valence-corrected chi connectivity index (χ4v) is 2.81. The van der Waals surface area contributed by atoms with E-state index in [0.29, 0.717) is 23.6 Å². The Hall–Kier alpha value is -4.28. The Balaban J connectivity index is 1.85. The van der Waals surface area contributed by atoms with Crippen molar-refractivity contribution in [2.24, 2.45) is 0 Å². The molecule has 8 nitrogen and oxygen atoms in total. The van der Waals surface area contributed by atoms with E-state index in [-0.39, 0.29) is 17.1 Å². The van der Waals surface area contributed by atoms with Crippen LogP contribution in [0.15, 0.2) is 60.7 Å². The number of ether oxygens (including phenoxy) is 3. The van der Waals surface area contributed by atoms with Gasteiger partial charge in [-0.1, -0.05) is 0 Å². The zero-order valence-corrected chi connectivity index (χ0v) is 17.3. The SMILES string of the molecule is COc1ccc(NC(=O)c2ccc(Oc3ccc(C(F)(F)F)cc3[N+](=O)[O-])c(OC)c2)cc1. The number of nitrogens with one attached hydrogen (secondary N) is 1. The van der Waals surface area contributed by atoms with Gasteiger partial charge in [-0.05, 0) is 54.6 Å². The smallest absolute Gasteiger partial charge is 0.416 e. The average molecular weight is 462 g/mol. The average Bonchev–Trinajstić information content (AvgIpc) is 2.79. The van der Waals surface area contributed by atoms with E-state index in [1.54, 1.807) is 24.3 Å². The molecule has 0 aromatic heterocycles. The molecule has 0 spiro atoms. The van der Waals surface area contributed by atoms with E-state index >= 15 is 0 Å². The first-order valence-electron chi connectivity index (χ1n) is 9.29. The zero-order valence-electron chi connectivity index (χ0n) is 17.3. The summed E-state index contributed by atoms with van der Waals surface area (Å²) in [7, 11) is 2.80. The second-order valence-electron chi connectivity index (χ2n) is 6.59. The number of nitro benzene ring substituents is 1.